The molecule has 0 saturated carbocycles. The van der Waals surface area contributed by atoms with Gasteiger partial charge in [-0.15, -0.1) is 0 Å². The van der Waals surface area contributed by atoms with Crippen LogP contribution in [0.25, 0.3) is 0 Å². The van der Waals surface area contributed by atoms with Gasteiger partial charge in [-0.1, -0.05) is 46.9 Å². The number of rotatable bonds is 5. The highest BCUT2D eigenvalue weighted by molar-refractivity contribution is 6.35. The van der Waals surface area contributed by atoms with Crippen LogP contribution in [-0.2, 0) is 4.79 Å². The molecule has 4 nitrogen and oxygen atoms in total. The topological polar surface area (TPSA) is 50.4 Å². The predicted octanol–water partition coefficient (Wildman–Crippen LogP) is 7.45. The summed E-state index contributed by atoms with van der Waals surface area (Å²) in [6.07, 6.45) is 0. The third-order valence-electron chi connectivity index (χ3n) is 3.97. The number of carbonyl (C=O) groups is 1. The number of hydrogen-bond acceptors (Lipinski definition) is 3. The maximum absolute atomic E-state index is 11.6. The molecule has 0 spiro atoms. The molecular formula is C21H17Cl3N2O2. The molecule has 3 aromatic rings. The lowest BCUT2D eigenvalue weighted by Gasteiger charge is -2.18. The molecule has 3 aromatic carbocycles. The van der Waals surface area contributed by atoms with E-state index in [1.165, 1.54) is 6.92 Å². The van der Waals surface area contributed by atoms with Gasteiger partial charge in [-0.3, -0.25) is 4.79 Å². The van der Waals surface area contributed by atoms with E-state index in [2.05, 4.69) is 10.6 Å². The lowest BCUT2D eigenvalue weighted by molar-refractivity contribution is -0.114. The zero-order chi connectivity index (χ0) is 20.3. The molecule has 0 aliphatic carbocycles. The van der Waals surface area contributed by atoms with Crippen molar-refractivity contribution in [2.45, 2.75) is 13.8 Å². The van der Waals surface area contributed by atoms with Gasteiger partial charge in [0.05, 0.1) is 22.1 Å². The average Bonchev–Trinajstić information content (AvgIpc) is 2.64. The number of nitrogens with one attached hydrogen (secondary N) is 2. The SMILES string of the molecule is CC(=O)Nc1ccc(Cl)c(C)c1Nc1ccccc1Oc1ccc(Cl)cc1Cl. The molecule has 0 aliphatic heterocycles. The van der Waals surface area contributed by atoms with Gasteiger partial charge < -0.3 is 15.4 Å². The Morgan fingerprint density at radius 1 is 0.893 bits per heavy atom. The van der Waals surface area contributed by atoms with Gasteiger partial charge in [-0.25, -0.2) is 0 Å². The van der Waals surface area contributed by atoms with Crippen LogP contribution in [0.5, 0.6) is 11.5 Å². The maximum atomic E-state index is 11.6. The molecule has 0 atom stereocenters. The highest BCUT2D eigenvalue weighted by Gasteiger charge is 2.14. The van der Waals surface area contributed by atoms with Crippen LogP contribution in [-0.4, -0.2) is 5.91 Å². The number of anilines is 3. The second kappa shape index (κ2) is 8.74. The molecule has 28 heavy (non-hydrogen) atoms. The fourth-order valence-corrected chi connectivity index (χ4v) is 3.22. The largest absolute Gasteiger partial charge is 0.454 e. The van der Waals surface area contributed by atoms with E-state index < -0.39 is 0 Å². The van der Waals surface area contributed by atoms with Crippen molar-refractivity contribution in [2.24, 2.45) is 0 Å². The fraction of sp³-hybridized carbons (Fsp3) is 0.0952. The lowest BCUT2D eigenvalue weighted by atomic mass is 10.1. The summed E-state index contributed by atoms with van der Waals surface area (Å²) in [7, 11) is 0. The van der Waals surface area contributed by atoms with Gasteiger partial charge in [0.25, 0.3) is 0 Å². The maximum Gasteiger partial charge on any atom is 0.221 e. The minimum absolute atomic E-state index is 0.178. The van der Waals surface area contributed by atoms with E-state index in [-0.39, 0.29) is 5.91 Å². The van der Waals surface area contributed by atoms with Crippen molar-refractivity contribution in [3.63, 3.8) is 0 Å². The number of halogens is 3. The van der Waals surface area contributed by atoms with E-state index >= 15 is 0 Å². The monoisotopic (exact) mass is 434 g/mol. The van der Waals surface area contributed by atoms with Crippen LogP contribution < -0.4 is 15.4 Å². The highest BCUT2D eigenvalue weighted by Crippen LogP contribution is 2.39. The molecule has 0 aliphatic rings. The van der Waals surface area contributed by atoms with Crippen molar-refractivity contribution < 1.29 is 9.53 Å². The zero-order valence-electron chi connectivity index (χ0n) is 15.1. The summed E-state index contributed by atoms with van der Waals surface area (Å²) in [6.45, 7) is 3.32. The van der Waals surface area contributed by atoms with Gasteiger partial charge in [-0.05, 0) is 55.0 Å². The van der Waals surface area contributed by atoms with Crippen molar-refractivity contribution in [1.29, 1.82) is 0 Å². The summed E-state index contributed by atoms with van der Waals surface area (Å²) in [5.74, 6) is 0.854. The van der Waals surface area contributed by atoms with E-state index in [1.54, 1.807) is 30.3 Å². The minimum atomic E-state index is -0.178. The summed E-state index contributed by atoms with van der Waals surface area (Å²) < 4.78 is 5.99. The van der Waals surface area contributed by atoms with Gasteiger partial charge in [0.15, 0.2) is 5.75 Å². The Kier molecular flexibility index (Phi) is 6.35. The summed E-state index contributed by atoms with van der Waals surface area (Å²) >= 11 is 18.5. The summed E-state index contributed by atoms with van der Waals surface area (Å²) in [5, 5.41) is 7.63. The molecule has 1 amide bonds. The van der Waals surface area contributed by atoms with E-state index in [4.69, 9.17) is 39.5 Å². The first kappa shape index (κ1) is 20.3. The van der Waals surface area contributed by atoms with Crippen molar-refractivity contribution in [3.8, 4) is 11.5 Å². The second-order valence-electron chi connectivity index (χ2n) is 6.07. The molecule has 0 radical (unpaired) electrons. The van der Waals surface area contributed by atoms with Crippen molar-refractivity contribution in [1.82, 2.24) is 0 Å². The molecule has 2 N–H and O–H groups in total. The van der Waals surface area contributed by atoms with Crippen molar-refractivity contribution in [2.75, 3.05) is 10.6 Å². The molecule has 0 heterocycles. The lowest BCUT2D eigenvalue weighted by Crippen LogP contribution is -2.09. The van der Waals surface area contributed by atoms with Crippen molar-refractivity contribution >= 4 is 57.8 Å². The molecule has 0 fully saturated rings. The van der Waals surface area contributed by atoms with Crippen LogP contribution >= 0.6 is 34.8 Å². The molecule has 144 valence electrons. The van der Waals surface area contributed by atoms with Crippen LogP contribution in [0.3, 0.4) is 0 Å². The first-order chi connectivity index (χ1) is 13.3. The Hall–Kier alpha value is -2.40. The van der Waals surface area contributed by atoms with Crippen LogP contribution in [0, 0.1) is 6.92 Å². The number of benzene rings is 3. The molecular weight excluding hydrogens is 419 g/mol. The minimum Gasteiger partial charge on any atom is -0.454 e. The van der Waals surface area contributed by atoms with E-state index in [1.807, 2.05) is 31.2 Å². The van der Waals surface area contributed by atoms with Gasteiger partial charge in [0.2, 0.25) is 5.91 Å². The van der Waals surface area contributed by atoms with Gasteiger partial charge in [0.1, 0.15) is 5.75 Å². The quantitative estimate of drug-likeness (QED) is 0.437. The molecule has 7 heteroatoms. The van der Waals surface area contributed by atoms with Crippen LogP contribution in [0.1, 0.15) is 12.5 Å². The van der Waals surface area contributed by atoms with Gasteiger partial charge >= 0.3 is 0 Å². The number of para-hydroxylation sites is 2. The normalized spacial score (nSPS) is 10.5. The number of amides is 1. The predicted molar refractivity (Wildman–Crippen MR) is 117 cm³/mol. The Morgan fingerprint density at radius 2 is 1.64 bits per heavy atom. The number of hydrogen-bond donors (Lipinski definition) is 2. The first-order valence-corrected chi connectivity index (χ1v) is 9.54. The van der Waals surface area contributed by atoms with Crippen LogP contribution in [0.15, 0.2) is 54.6 Å². The standard InChI is InChI=1S/C21H17Cl3N2O2/c1-12-15(23)8-9-18(25-13(2)27)21(12)26-17-5-3-4-6-20(17)28-19-10-7-14(22)11-16(19)24/h3-11,26H,1-2H3,(H,25,27). The van der Waals surface area contributed by atoms with E-state index in [0.29, 0.717) is 43.6 Å². The van der Waals surface area contributed by atoms with Crippen molar-refractivity contribution in [3.05, 3.63) is 75.2 Å². The van der Waals surface area contributed by atoms with E-state index in [9.17, 15) is 4.79 Å². The van der Waals surface area contributed by atoms with Gasteiger partial charge in [0, 0.05) is 17.0 Å². The smallest absolute Gasteiger partial charge is 0.221 e. The summed E-state index contributed by atoms with van der Waals surface area (Å²) in [5.41, 5.74) is 2.78. The van der Waals surface area contributed by atoms with Crippen LogP contribution in [0.2, 0.25) is 15.1 Å². The van der Waals surface area contributed by atoms with Gasteiger partial charge in [-0.2, -0.15) is 0 Å². The molecule has 0 aromatic heterocycles. The molecule has 0 bridgehead atoms. The molecule has 0 unspecified atom stereocenters. The molecule has 0 saturated heterocycles. The average molecular weight is 436 g/mol. The third kappa shape index (κ3) is 4.71. The Labute approximate surface area is 178 Å². The Balaban J connectivity index is 1.98. The number of carbonyl (C=O) groups excluding carboxylic acids is 1. The fourth-order valence-electron chi connectivity index (χ4n) is 2.61. The Bertz CT molecular complexity index is 1040. The number of ether oxygens (including phenoxy) is 1. The molecule has 3 rings (SSSR count). The third-order valence-corrected chi connectivity index (χ3v) is 4.91. The Morgan fingerprint density at radius 3 is 2.36 bits per heavy atom. The van der Waals surface area contributed by atoms with Crippen LogP contribution in [0.4, 0.5) is 17.1 Å². The first-order valence-electron chi connectivity index (χ1n) is 8.41. The van der Waals surface area contributed by atoms with E-state index in [0.717, 1.165) is 5.56 Å². The second-order valence-corrected chi connectivity index (χ2v) is 7.32. The summed E-state index contributed by atoms with van der Waals surface area (Å²) in [6, 6.07) is 15.9. The highest BCUT2D eigenvalue weighted by atomic mass is 35.5. The summed E-state index contributed by atoms with van der Waals surface area (Å²) in [4.78, 5) is 11.6. The zero-order valence-corrected chi connectivity index (χ0v) is 17.4.